The molecular weight excluding hydrogens is 174 g/mol. The number of hydrogen-bond acceptors (Lipinski definition) is 3. The van der Waals surface area contributed by atoms with Crippen molar-refractivity contribution in [2.24, 2.45) is 22.6 Å². The highest BCUT2D eigenvalue weighted by atomic mass is 15.4. The second-order valence-electron chi connectivity index (χ2n) is 4.70. The van der Waals surface area contributed by atoms with E-state index in [0.717, 1.165) is 30.9 Å². The zero-order chi connectivity index (χ0) is 10.3. The maximum atomic E-state index is 5.93. The highest BCUT2D eigenvalue weighted by molar-refractivity contribution is 5.81. The second-order valence-corrected chi connectivity index (χ2v) is 4.70. The lowest BCUT2D eigenvalue weighted by molar-refractivity contribution is 0.163. The number of aliphatic imine (C=N–C) groups is 1. The van der Waals surface area contributed by atoms with Gasteiger partial charge in [0.05, 0.1) is 12.1 Å². The molecule has 80 valence electrons. The van der Waals surface area contributed by atoms with Crippen LogP contribution in [0.4, 0.5) is 0 Å². The maximum absolute atomic E-state index is 5.93. The molecule has 1 heterocycles. The third kappa shape index (κ3) is 1.14. The van der Waals surface area contributed by atoms with Crippen LogP contribution in [0.25, 0.3) is 0 Å². The third-order valence-corrected chi connectivity index (χ3v) is 4.06. The van der Waals surface area contributed by atoms with E-state index in [1.165, 1.54) is 12.8 Å². The standard InChI is InChI=1S/C11H21N3/c1-4-11(9-6-8(9)3)7-13-10(12)14(11)5-2/h8-9H,4-7H2,1-3H3,(H2,12,13). The molecule has 2 rings (SSSR count). The van der Waals surface area contributed by atoms with E-state index in [0.29, 0.717) is 0 Å². The Kier molecular flexibility index (Phi) is 2.20. The lowest BCUT2D eigenvalue weighted by Gasteiger charge is -2.38. The van der Waals surface area contributed by atoms with E-state index in [1.807, 2.05) is 0 Å². The van der Waals surface area contributed by atoms with Crippen LogP contribution in [0.5, 0.6) is 0 Å². The van der Waals surface area contributed by atoms with Gasteiger partial charge in [-0.1, -0.05) is 13.8 Å². The molecule has 0 saturated heterocycles. The summed E-state index contributed by atoms with van der Waals surface area (Å²) in [6, 6.07) is 0. The quantitative estimate of drug-likeness (QED) is 0.740. The van der Waals surface area contributed by atoms with Crippen LogP contribution in [-0.2, 0) is 0 Å². The predicted octanol–water partition coefficient (Wildman–Crippen LogP) is 1.44. The molecule has 1 aliphatic heterocycles. The Morgan fingerprint density at radius 1 is 1.57 bits per heavy atom. The van der Waals surface area contributed by atoms with Crippen molar-refractivity contribution in [1.82, 2.24) is 4.90 Å². The van der Waals surface area contributed by atoms with Crippen molar-refractivity contribution >= 4 is 5.96 Å². The van der Waals surface area contributed by atoms with Gasteiger partial charge in [-0.25, -0.2) is 0 Å². The molecule has 0 spiro atoms. The van der Waals surface area contributed by atoms with Gasteiger partial charge in [-0.15, -0.1) is 0 Å². The molecule has 0 radical (unpaired) electrons. The van der Waals surface area contributed by atoms with Gasteiger partial charge >= 0.3 is 0 Å². The Labute approximate surface area is 86.4 Å². The summed E-state index contributed by atoms with van der Waals surface area (Å²) < 4.78 is 0. The zero-order valence-corrected chi connectivity index (χ0v) is 9.45. The lowest BCUT2D eigenvalue weighted by atomic mass is 9.88. The minimum Gasteiger partial charge on any atom is -0.370 e. The van der Waals surface area contributed by atoms with Crippen molar-refractivity contribution in [1.29, 1.82) is 0 Å². The highest BCUT2D eigenvalue weighted by Crippen LogP contribution is 2.51. The largest absolute Gasteiger partial charge is 0.370 e. The molecule has 2 N–H and O–H groups in total. The molecule has 0 amide bonds. The summed E-state index contributed by atoms with van der Waals surface area (Å²) in [4.78, 5) is 6.75. The lowest BCUT2D eigenvalue weighted by Crippen LogP contribution is -2.53. The van der Waals surface area contributed by atoms with Gasteiger partial charge in [0.25, 0.3) is 0 Å². The first-order valence-electron chi connectivity index (χ1n) is 5.73. The van der Waals surface area contributed by atoms with Gasteiger partial charge in [-0.2, -0.15) is 0 Å². The number of nitrogens with two attached hydrogens (primary N) is 1. The Bertz CT molecular complexity index is 261. The Morgan fingerprint density at radius 3 is 2.64 bits per heavy atom. The molecule has 1 fully saturated rings. The van der Waals surface area contributed by atoms with Crippen LogP contribution >= 0.6 is 0 Å². The fourth-order valence-corrected chi connectivity index (χ4v) is 3.05. The molecule has 3 atom stereocenters. The van der Waals surface area contributed by atoms with Crippen LogP contribution in [-0.4, -0.2) is 29.5 Å². The Balaban J connectivity index is 2.21. The van der Waals surface area contributed by atoms with Crippen molar-refractivity contribution in [2.45, 2.75) is 39.2 Å². The van der Waals surface area contributed by atoms with Crippen molar-refractivity contribution in [3.63, 3.8) is 0 Å². The van der Waals surface area contributed by atoms with Crippen LogP contribution in [0, 0.1) is 11.8 Å². The maximum Gasteiger partial charge on any atom is 0.191 e. The summed E-state index contributed by atoms with van der Waals surface area (Å²) >= 11 is 0. The van der Waals surface area contributed by atoms with E-state index in [1.54, 1.807) is 0 Å². The molecule has 0 aromatic carbocycles. The molecule has 1 aliphatic carbocycles. The second kappa shape index (κ2) is 3.14. The van der Waals surface area contributed by atoms with E-state index in [4.69, 9.17) is 5.73 Å². The number of likely N-dealkylation sites (N-methyl/N-ethyl adjacent to an activating group) is 1. The molecule has 0 bridgehead atoms. The van der Waals surface area contributed by atoms with Crippen LogP contribution < -0.4 is 5.73 Å². The summed E-state index contributed by atoms with van der Waals surface area (Å²) in [5, 5.41) is 0. The Hall–Kier alpha value is -0.730. The molecule has 0 aromatic rings. The van der Waals surface area contributed by atoms with Gasteiger partial charge in [0.1, 0.15) is 0 Å². The summed E-state index contributed by atoms with van der Waals surface area (Å²) in [5.74, 6) is 2.44. The molecule has 1 saturated carbocycles. The monoisotopic (exact) mass is 195 g/mol. The van der Waals surface area contributed by atoms with Crippen molar-refractivity contribution in [3.05, 3.63) is 0 Å². The first-order valence-corrected chi connectivity index (χ1v) is 5.73. The smallest absolute Gasteiger partial charge is 0.191 e. The summed E-state index contributed by atoms with van der Waals surface area (Å²) in [5.41, 5.74) is 6.19. The minimum atomic E-state index is 0.262. The highest BCUT2D eigenvalue weighted by Gasteiger charge is 2.54. The van der Waals surface area contributed by atoms with E-state index in [-0.39, 0.29) is 5.54 Å². The van der Waals surface area contributed by atoms with E-state index in [2.05, 4.69) is 30.7 Å². The van der Waals surface area contributed by atoms with Crippen LogP contribution in [0.2, 0.25) is 0 Å². The first-order chi connectivity index (χ1) is 6.65. The van der Waals surface area contributed by atoms with Crippen molar-refractivity contribution in [3.8, 4) is 0 Å². The third-order valence-electron chi connectivity index (χ3n) is 4.06. The summed E-state index contributed by atoms with van der Waals surface area (Å²) in [6.07, 6.45) is 2.52. The van der Waals surface area contributed by atoms with Crippen molar-refractivity contribution < 1.29 is 0 Å². The zero-order valence-electron chi connectivity index (χ0n) is 9.45. The van der Waals surface area contributed by atoms with E-state index >= 15 is 0 Å². The van der Waals surface area contributed by atoms with Gasteiger partial charge in [-0.05, 0) is 31.6 Å². The minimum absolute atomic E-state index is 0.262. The number of guanidine groups is 1. The Morgan fingerprint density at radius 2 is 2.21 bits per heavy atom. The average molecular weight is 195 g/mol. The van der Waals surface area contributed by atoms with Crippen LogP contribution in [0.1, 0.15) is 33.6 Å². The summed E-state index contributed by atoms with van der Waals surface area (Å²) in [7, 11) is 0. The molecule has 2 aliphatic rings. The van der Waals surface area contributed by atoms with Gasteiger partial charge in [0, 0.05) is 6.54 Å². The van der Waals surface area contributed by atoms with Gasteiger partial charge < -0.3 is 10.6 Å². The van der Waals surface area contributed by atoms with Crippen molar-refractivity contribution in [2.75, 3.05) is 13.1 Å². The first kappa shape index (κ1) is 9.81. The van der Waals surface area contributed by atoms with E-state index in [9.17, 15) is 0 Å². The predicted molar refractivity (Wildman–Crippen MR) is 59.2 cm³/mol. The normalized spacial score (nSPS) is 41.4. The fraction of sp³-hybridized carbons (Fsp3) is 0.909. The topological polar surface area (TPSA) is 41.6 Å². The fourth-order valence-electron chi connectivity index (χ4n) is 3.05. The number of hydrogen-bond donors (Lipinski definition) is 1. The molecule has 3 unspecified atom stereocenters. The van der Waals surface area contributed by atoms with Crippen LogP contribution in [0.15, 0.2) is 4.99 Å². The molecule has 14 heavy (non-hydrogen) atoms. The average Bonchev–Trinajstić information content (AvgIpc) is 2.80. The molecule has 0 aromatic heterocycles. The summed E-state index contributed by atoms with van der Waals surface area (Å²) in [6.45, 7) is 8.68. The molecule has 3 nitrogen and oxygen atoms in total. The van der Waals surface area contributed by atoms with E-state index < -0.39 is 0 Å². The number of rotatable bonds is 3. The van der Waals surface area contributed by atoms with Crippen LogP contribution in [0.3, 0.4) is 0 Å². The van der Waals surface area contributed by atoms with Gasteiger partial charge in [-0.3, -0.25) is 4.99 Å². The molecule has 3 heteroatoms. The van der Waals surface area contributed by atoms with Gasteiger partial charge in [0.2, 0.25) is 0 Å². The van der Waals surface area contributed by atoms with Gasteiger partial charge in [0.15, 0.2) is 5.96 Å². The number of nitrogens with zero attached hydrogens (tertiary/aromatic N) is 2. The SMILES string of the molecule is CCN1C(N)=NCC1(CC)C1CC1C. The molecular formula is C11H21N3.